The molecule has 0 aromatic carbocycles. The Bertz CT molecular complexity index is 90.5. The molecule has 6 N–H and O–H groups in total. The number of urea groups is 1. The largest absolute Gasteiger partial charge is 0.337 e. The Morgan fingerprint density at radius 3 is 1.73 bits per heavy atom. The SMILES string of the molecule is NCCNC(=O)NCCN.[V]. The zero-order valence-corrected chi connectivity index (χ0v) is 7.74. The third kappa shape index (κ3) is 9.77. The van der Waals surface area contributed by atoms with Gasteiger partial charge in [0, 0.05) is 44.7 Å². The molecule has 0 saturated carbocycles. The Hall–Kier alpha value is -0.226. The van der Waals surface area contributed by atoms with Crippen LogP contribution in [0.2, 0.25) is 0 Å². The molecule has 0 aliphatic heterocycles. The topological polar surface area (TPSA) is 93.2 Å². The van der Waals surface area contributed by atoms with Crippen molar-refractivity contribution in [2.45, 2.75) is 0 Å². The average Bonchev–Trinajstić information content (AvgIpc) is 1.97. The Morgan fingerprint density at radius 2 is 1.45 bits per heavy atom. The van der Waals surface area contributed by atoms with Crippen LogP contribution in [0, 0.1) is 0 Å². The molecule has 0 bridgehead atoms. The van der Waals surface area contributed by atoms with Crippen LogP contribution in [0.5, 0.6) is 0 Å². The van der Waals surface area contributed by atoms with Gasteiger partial charge in [-0.05, 0) is 0 Å². The average molecular weight is 197 g/mol. The van der Waals surface area contributed by atoms with Gasteiger partial charge in [0.05, 0.1) is 0 Å². The number of rotatable bonds is 4. The molecule has 5 nitrogen and oxygen atoms in total. The Labute approximate surface area is 78.1 Å². The minimum absolute atomic E-state index is 0. The maximum absolute atomic E-state index is 10.6. The molecule has 0 heterocycles. The van der Waals surface area contributed by atoms with Crippen LogP contribution < -0.4 is 22.1 Å². The number of amides is 2. The van der Waals surface area contributed by atoms with E-state index in [1.54, 1.807) is 0 Å². The van der Waals surface area contributed by atoms with Crippen LogP contribution in [-0.2, 0) is 18.6 Å². The van der Waals surface area contributed by atoms with Crippen molar-refractivity contribution in [1.29, 1.82) is 0 Å². The second-order valence-corrected chi connectivity index (χ2v) is 1.76. The van der Waals surface area contributed by atoms with Crippen molar-refractivity contribution in [3.63, 3.8) is 0 Å². The maximum Gasteiger partial charge on any atom is 0.314 e. The van der Waals surface area contributed by atoms with Crippen molar-refractivity contribution in [3.8, 4) is 0 Å². The first-order valence-corrected chi connectivity index (χ1v) is 3.23. The fourth-order valence-electron chi connectivity index (χ4n) is 0.434. The molecular formula is C5H14N4OV. The molecule has 0 spiro atoms. The molecule has 11 heavy (non-hydrogen) atoms. The molecular weight excluding hydrogens is 183 g/mol. The van der Waals surface area contributed by atoms with E-state index in [9.17, 15) is 4.79 Å². The predicted octanol–water partition coefficient (Wildman–Crippen LogP) is -1.80. The maximum atomic E-state index is 10.6. The Kier molecular flexibility index (Phi) is 11.9. The summed E-state index contributed by atoms with van der Waals surface area (Å²) in [6.07, 6.45) is 0. The minimum Gasteiger partial charge on any atom is -0.337 e. The first-order valence-electron chi connectivity index (χ1n) is 3.23. The zero-order chi connectivity index (χ0) is 7.82. The van der Waals surface area contributed by atoms with Gasteiger partial charge in [-0.1, -0.05) is 0 Å². The van der Waals surface area contributed by atoms with Gasteiger partial charge >= 0.3 is 6.03 Å². The van der Waals surface area contributed by atoms with Gasteiger partial charge in [0.15, 0.2) is 0 Å². The molecule has 1 radical (unpaired) electrons. The van der Waals surface area contributed by atoms with Crippen LogP contribution >= 0.6 is 0 Å². The molecule has 0 aliphatic rings. The summed E-state index contributed by atoms with van der Waals surface area (Å²) in [6, 6.07) is -0.212. The third-order valence-electron chi connectivity index (χ3n) is 0.860. The van der Waals surface area contributed by atoms with Gasteiger partial charge in [0.2, 0.25) is 0 Å². The molecule has 0 unspecified atom stereocenters. The van der Waals surface area contributed by atoms with Crippen LogP contribution in [0.3, 0.4) is 0 Å². The van der Waals surface area contributed by atoms with Gasteiger partial charge in [0.1, 0.15) is 0 Å². The fourth-order valence-corrected chi connectivity index (χ4v) is 0.434. The minimum atomic E-state index is -0.212. The van der Waals surface area contributed by atoms with E-state index in [0.29, 0.717) is 26.2 Å². The van der Waals surface area contributed by atoms with E-state index in [1.807, 2.05) is 0 Å². The summed E-state index contributed by atoms with van der Waals surface area (Å²) in [5.74, 6) is 0. The van der Waals surface area contributed by atoms with Gasteiger partial charge in [-0.25, -0.2) is 4.79 Å². The van der Waals surface area contributed by atoms with E-state index in [0.717, 1.165) is 0 Å². The van der Waals surface area contributed by atoms with Crippen molar-refractivity contribution < 1.29 is 23.4 Å². The molecule has 6 heteroatoms. The summed E-state index contributed by atoms with van der Waals surface area (Å²) in [5.41, 5.74) is 10.3. The number of hydrogen-bond donors (Lipinski definition) is 4. The monoisotopic (exact) mass is 197 g/mol. The van der Waals surface area contributed by atoms with E-state index in [-0.39, 0.29) is 24.6 Å². The number of nitrogens with one attached hydrogen (secondary N) is 2. The van der Waals surface area contributed by atoms with Crippen molar-refractivity contribution in [2.75, 3.05) is 26.2 Å². The molecule has 0 aliphatic carbocycles. The van der Waals surface area contributed by atoms with Crippen molar-refractivity contribution >= 4 is 6.03 Å². The zero-order valence-electron chi connectivity index (χ0n) is 6.34. The Morgan fingerprint density at radius 1 is 1.09 bits per heavy atom. The fraction of sp³-hybridized carbons (Fsp3) is 0.800. The smallest absolute Gasteiger partial charge is 0.314 e. The van der Waals surface area contributed by atoms with Gasteiger partial charge in [-0.3, -0.25) is 0 Å². The van der Waals surface area contributed by atoms with Gasteiger partial charge in [-0.15, -0.1) is 0 Å². The van der Waals surface area contributed by atoms with Crippen LogP contribution in [-0.4, -0.2) is 32.2 Å². The third-order valence-corrected chi connectivity index (χ3v) is 0.860. The Balaban J connectivity index is 0. The normalized spacial score (nSPS) is 8.18. The molecule has 0 rings (SSSR count). The van der Waals surface area contributed by atoms with Crippen LogP contribution in [0.4, 0.5) is 4.79 Å². The van der Waals surface area contributed by atoms with Crippen LogP contribution in [0.25, 0.3) is 0 Å². The predicted molar refractivity (Wildman–Crippen MR) is 39.5 cm³/mol. The summed E-state index contributed by atoms with van der Waals surface area (Å²) >= 11 is 0. The number of carbonyl (C=O) groups is 1. The second kappa shape index (κ2) is 9.77. The summed E-state index contributed by atoms with van der Waals surface area (Å²) in [6.45, 7) is 1.90. The second-order valence-electron chi connectivity index (χ2n) is 1.76. The summed E-state index contributed by atoms with van der Waals surface area (Å²) in [5, 5.41) is 5.07. The van der Waals surface area contributed by atoms with Gasteiger partial charge in [0.25, 0.3) is 0 Å². The number of hydrogen-bond acceptors (Lipinski definition) is 3. The first kappa shape index (κ1) is 13.4. The van der Waals surface area contributed by atoms with Crippen LogP contribution in [0.1, 0.15) is 0 Å². The standard InChI is InChI=1S/C5H14N4O.V/c6-1-3-8-5(10)9-4-2-7;/h1-4,6-7H2,(H2,8,9,10);. The molecule has 0 atom stereocenters. The number of nitrogens with two attached hydrogens (primary N) is 2. The van der Waals surface area contributed by atoms with Crippen molar-refractivity contribution in [1.82, 2.24) is 10.6 Å². The first-order chi connectivity index (χ1) is 4.81. The molecule has 65 valence electrons. The molecule has 0 aromatic rings. The molecule has 0 aromatic heterocycles. The quantitative estimate of drug-likeness (QED) is 0.428. The van der Waals surface area contributed by atoms with Crippen molar-refractivity contribution in [3.05, 3.63) is 0 Å². The van der Waals surface area contributed by atoms with E-state index >= 15 is 0 Å². The summed E-state index contributed by atoms with van der Waals surface area (Å²) in [7, 11) is 0. The van der Waals surface area contributed by atoms with Crippen LogP contribution in [0.15, 0.2) is 0 Å². The van der Waals surface area contributed by atoms with E-state index in [1.165, 1.54) is 0 Å². The van der Waals surface area contributed by atoms with E-state index in [2.05, 4.69) is 10.6 Å². The molecule has 0 saturated heterocycles. The van der Waals surface area contributed by atoms with E-state index < -0.39 is 0 Å². The summed E-state index contributed by atoms with van der Waals surface area (Å²) < 4.78 is 0. The van der Waals surface area contributed by atoms with Gasteiger partial charge in [-0.2, -0.15) is 0 Å². The number of carbonyl (C=O) groups excluding carboxylic acids is 1. The van der Waals surface area contributed by atoms with E-state index in [4.69, 9.17) is 11.5 Å². The molecule has 0 fully saturated rings. The van der Waals surface area contributed by atoms with Gasteiger partial charge < -0.3 is 22.1 Å². The summed E-state index contributed by atoms with van der Waals surface area (Å²) in [4.78, 5) is 10.6. The van der Waals surface area contributed by atoms with Crippen molar-refractivity contribution in [2.24, 2.45) is 11.5 Å². The molecule has 2 amide bonds.